The van der Waals surface area contributed by atoms with Crippen LogP contribution >= 0.6 is 23.2 Å². The lowest BCUT2D eigenvalue weighted by atomic mass is 9.89. The maximum absolute atomic E-state index is 12.6. The molecule has 0 unspecified atom stereocenters. The van der Waals surface area contributed by atoms with Gasteiger partial charge in [0.05, 0.1) is 11.1 Å². The molecule has 0 saturated carbocycles. The van der Waals surface area contributed by atoms with Gasteiger partial charge in [0.15, 0.2) is 5.60 Å². The highest BCUT2D eigenvalue weighted by Crippen LogP contribution is 2.31. The molecule has 5 nitrogen and oxygen atoms in total. The smallest absolute Gasteiger partial charge is 0.264 e. The predicted octanol–water partition coefficient (Wildman–Crippen LogP) is 2.91. The van der Waals surface area contributed by atoms with E-state index >= 15 is 0 Å². The summed E-state index contributed by atoms with van der Waals surface area (Å²) < 4.78 is 5.75. The summed E-state index contributed by atoms with van der Waals surface area (Å²) >= 11 is 11.9. The quantitative estimate of drug-likeness (QED) is 0.870. The van der Waals surface area contributed by atoms with Crippen LogP contribution in [0.25, 0.3) is 0 Å². The molecule has 1 fully saturated rings. The second kappa shape index (κ2) is 6.96. The van der Waals surface area contributed by atoms with E-state index in [1.54, 1.807) is 32.0 Å². The van der Waals surface area contributed by atoms with E-state index in [4.69, 9.17) is 27.9 Å². The molecule has 1 aromatic carbocycles. The second-order valence-corrected chi connectivity index (χ2v) is 6.93. The SMILES string of the molecule is CC(C)(Oc1ccc(Cl)cc1Cl)C(=O)NC1(C#N)CCNCC1. The highest BCUT2D eigenvalue weighted by atomic mass is 35.5. The number of nitriles is 1. The Kier molecular flexibility index (Phi) is 5.41. The van der Waals surface area contributed by atoms with Crippen LogP contribution in [-0.2, 0) is 4.79 Å². The minimum absolute atomic E-state index is 0.329. The van der Waals surface area contributed by atoms with E-state index in [2.05, 4.69) is 16.7 Å². The number of piperidine rings is 1. The number of hydrogen-bond donors (Lipinski definition) is 2. The number of carbonyl (C=O) groups is 1. The topological polar surface area (TPSA) is 74.1 Å². The van der Waals surface area contributed by atoms with Gasteiger partial charge < -0.3 is 15.4 Å². The average molecular weight is 356 g/mol. The molecular weight excluding hydrogens is 337 g/mol. The van der Waals surface area contributed by atoms with Gasteiger partial charge in [0.1, 0.15) is 11.3 Å². The summed E-state index contributed by atoms with van der Waals surface area (Å²) in [4.78, 5) is 12.6. The first-order valence-electron chi connectivity index (χ1n) is 7.37. The van der Waals surface area contributed by atoms with Crippen molar-refractivity contribution in [3.8, 4) is 11.8 Å². The molecular formula is C16H19Cl2N3O2. The Morgan fingerprint density at radius 1 is 1.39 bits per heavy atom. The Morgan fingerprint density at radius 3 is 2.61 bits per heavy atom. The molecule has 0 atom stereocenters. The van der Waals surface area contributed by atoms with E-state index in [-0.39, 0.29) is 5.91 Å². The number of hydrogen-bond acceptors (Lipinski definition) is 4. The third-order valence-corrected chi connectivity index (χ3v) is 4.36. The molecule has 2 rings (SSSR count). The zero-order valence-corrected chi connectivity index (χ0v) is 14.6. The van der Waals surface area contributed by atoms with Crippen LogP contribution in [0.4, 0.5) is 0 Å². The number of ether oxygens (including phenoxy) is 1. The molecule has 1 saturated heterocycles. The summed E-state index contributed by atoms with van der Waals surface area (Å²) in [5.74, 6) is 0.0134. The van der Waals surface area contributed by atoms with E-state index < -0.39 is 11.1 Å². The zero-order valence-electron chi connectivity index (χ0n) is 13.1. The molecule has 1 amide bonds. The predicted molar refractivity (Wildman–Crippen MR) is 89.8 cm³/mol. The lowest BCUT2D eigenvalue weighted by molar-refractivity contribution is -0.136. The highest BCUT2D eigenvalue weighted by Gasteiger charge is 2.39. The fraction of sp³-hybridized carbons (Fsp3) is 0.500. The van der Waals surface area contributed by atoms with Crippen molar-refractivity contribution >= 4 is 29.1 Å². The van der Waals surface area contributed by atoms with Gasteiger partial charge in [0, 0.05) is 5.02 Å². The van der Waals surface area contributed by atoms with Gasteiger partial charge in [-0.1, -0.05) is 23.2 Å². The van der Waals surface area contributed by atoms with Crippen LogP contribution in [-0.4, -0.2) is 30.1 Å². The Hall–Kier alpha value is -1.48. The third-order valence-electron chi connectivity index (χ3n) is 3.83. The highest BCUT2D eigenvalue weighted by molar-refractivity contribution is 6.35. The maximum Gasteiger partial charge on any atom is 0.264 e. The molecule has 1 aliphatic heterocycles. The van der Waals surface area contributed by atoms with Crippen molar-refractivity contribution in [1.82, 2.24) is 10.6 Å². The molecule has 0 aliphatic carbocycles. The van der Waals surface area contributed by atoms with Crippen LogP contribution in [0.5, 0.6) is 5.75 Å². The van der Waals surface area contributed by atoms with Crippen molar-refractivity contribution < 1.29 is 9.53 Å². The van der Waals surface area contributed by atoms with Gasteiger partial charge in [-0.3, -0.25) is 4.79 Å². The number of halogens is 2. The number of rotatable bonds is 4. The van der Waals surface area contributed by atoms with E-state index in [9.17, 15) is 10.1 Å². The molecule has 7 heteroatoms. The van der Waals surface area contributed by atoms with E-state index in [0.29, 0.717) is 41.7 Å². The molecule has 1 heterocycles. The van der Waals surface area contributed by atoms with Crippen LogP contribution in [0, 0.1) is 11.3 Å². The van der Waals surface area contributed by atoms with Crippen molar-refractivity contribution in [3.05, 3.63) is 28.2 Å². The molecule has 1 aliphatic rings. The van der Waals surface area contributed by atoms with Crippen LogP contribution < -0.4 is 15.4 Å². The fourth-order valence-electron chi connectivity index (χ4n) is 2.37. The minimum Gasteiger partial charge on any atom is -0.476 e. The van der Waals surface area contributed by atoms with Gasteiger partial charge in [0.2, 0.25) is 0 Å². The molecule has 0 spiro atoms. The maximum atomic E-state index is 12.6. The number of benzene rings is 1. The summed E-state index contributed by atoms with van der Waals surface area (Å²) in [6.07, 6.45) is 1.13. The number of carbonyl (C=O) groups excluding carboxylic acids is 1. The van der Waals surface area contributed by atoms with E-state index in [0.717, 1.165) is 0 Å². The van der Waals surface area contributed by atoms with E-state index in [1.165, 1.54) is 0 Å². The lowest BCUT2D eigenvalue weighted by Gasteiger charge is -2.35. The Morgan fingerprint density at radius 2 is 2.04 bits per heavy atom. The molecule has 1 aromatic rings. The van der Waals surface area contributed by atoms with Crippen LogP contribution in [0.1, 0.15) is 26.7 Å². The Bertz CT molecular complexity index is 635. The van der Waals surface area contributed by atoms with E-state index in [1.807, 2.05) is 0 Å². The molecule has 0 aromatic heterocycles. The van der Waals surface area contributed by atoms with Crippen LogP contribution in [0.3, 0.4) is 0 Å². The molecule has 0 bridgehead atoms. The number of nitrogens with one attached hydrogen (secondary N) is 2. The van der Waals surface area contributed by atoms with Crippen molar-refractivity contribution in [2.75, 3.05) is 13.1 Å². The molecule has 2 N–H and O–H groups in total. The monoisotopic (exact) mass is 355 g/mol. The summed E-state index contributed by atoms with van der Waals surface area (Å²) in [7, 11) is 0. The van der Waals surface area contributed by atoms with Gasteiger partial charge in [-0.15, -0.1) is 0 Å². The van der Waals surface area contributed by atoms with Crippen LogP contribution in [0.2, 0.25) is 10.0 Å². The van der Waals surface area contributed by atoms with Crippen LogP contribution in [0.15, 0.2) is 18.2 Å². The summed E-state index contributed by atoms with van der Waals surface area (Å²) in [5, 5.41) is 16.3. The average Bonchev–Trinajstić information content (AvgIpc) is 2.51. The lowest BCUT2D eigenvalue weighted by Crippen LogP contribution is -2.59. The zero-order chi connectivity index (χ0) is 17.1. The standard InChI is InChI=1S/C16H19Cl2N3O2/c1-15(2,23-13-4-3-11(17)9-12(13)18)14(22)21-16(10-19)5-7-20-8-6-16/h3-4,9,20H,5-8H2,1-2H3,(H,21,22). The van der Waals surface area contributed by atoms with Gasteiger partial charge >= 0.3 is 0 Å². The Labute approximate surface area is 145 Å². The first kappa shape index (κ1) is 17.9. The van der Waals surface area contributed by atoms with Gasteiger partial charge in [-0.05, 0) is 58.0 Å². The van der Waals surface area contributed by atoms with Gasteiger partial charge in [0.25, 0.3) is 5.91 Å². The first-order chi connectivity index (χ1) is 10.8. The fourth-order valence-corrected chi connectivity index (χ4v) is 2.81. The molecule has 124 valence electrons. The molecule has 23 heavy (non-hydrogen) atoms. The summed E-state index contributed by atoms with van der Waals surface area (Å²) in [5.41, 5.74) is -2.03. The second-order valence-electron chi connectivity index (χ2n) is 6.09. The van der Waals surface area contributed by atoms with Gasteiger partial charge in [-0.2, -0.15) is 5.26 Å². The third kappa shape index (κ3) is 4.29. The molecule has 0 radical (unpaired) electrons. The van der Waals surface area contributed by atoms with Crippen molar-refractivity contribution in [1.29, 1.82) is 5.26 Å². The Balaban J connectivity index is 2.12. The minimum atomic E-state index is -1.17. The normalized spacial score (nSPS) is 17.2. The largest absolute Gasteiger partial charge is 0.476 e. The van der Waals surface area contributed by atoms with Crippen molar-refractivity contribution in [2.45, 2.75) is 37.8 Å². The van der Waals surface area contributed by atoms with Crippen molar-refractivity contribution in [3.63, 3.8) is 0 Å². The summed E-state index contributed by atoms with van der Waals surface area (Å²) in [6, 6.07) is 7.04. The number of amides is 1. The first-order valence-corrected chi connectivity index (χ1v) is 8.12. The number of nitrogens with zero attached hydrogens (tertiary/aromatic N) is 1. The van der Waals surface area contributed by atoms with Gasteiger partial charge in [-0.25, -0.2) is 0 Å². The summed E-state index contributed by atoms with van der Waals surface area (Å²) in [6.45, 7) is 4.66. The van der Waals surface area contributed by atoms with Crippen molar-refractivity contribution in [2.24, 2.45) is 0 Å².